The highest BCUT2D eigenvalue weighted by Crippen LogP contribution is 2.28. The molecule has 1 aromatic rings. The van der Waals surface area contributed by atoms with Crippen molar-refractivity contribution in [3.63, 3.8) is 0 Å². The topological polar surface area (TPSA) is 26.3 Å². The van der Waals surface area contributed by atoms with Crippen LogP contribution in [0, 0.1) is 0 Å². The summed E-state index contributed by atoms with van der Waals surface area (Å²) in [6, 6.07) is 9.03. The number of hydrogen-bond donors (Lipinski definition) is 0. The van der Waals surface area contributed by atoms with Crippen LogP contribution in [-0.2, 0) is 4.74 Å². The molecule has 2 nitrogen and oxygen atoms in total. The molecule has 0 spiro atoms. The van der Waals surface area contributed by atoms with Gasteiger partial charge in [0.25, 0.3) is 0 Å². The molecule has 0 bridgehead atoms. The number of esters is 1. The average Bonchev–Trinajstić information content (AvgIpc) is 2.27. The van der Waals surface area contributed by atoms with Gasteiger partial charge in [0.1, 0.15) is 5.60 Å². The Morgan fingerprint density at radius 2 is 1.58 bits per heavy atom. The van der Waals surface area contributed by atoms with Crippen molar-refractivity contribution < 1.29 is 9.53 Å². The molecule has 0 aromatic heterocycles. The monoisotopic (exact) mass is 258 g/mol. The summed E-state index contributed by atoms with van der Waals surface area (Å²) in [5.41, 5.74) is 1.97. The Balaban J connectivity index is 2.85. The molecule has 0 N–H and O–H groups in total. The smallest absolute Gasteiger partial charge is 0.338 e. The molecule has 0 saturated carbocycles. The Bertz CT molecular complexity index is 455. The van der Waals surface area contributed by atoms with Crippen LogP contribution < -0.4 is 0 Å². The minimum absolute atomic E-state index is 0.300. The van der Waals surface area contributed by atoms with Gasteiger partial charge in [-0.05, 0) is 32.9 Å². The molecule has 102 valence electrons. The van der Waals surface area contributed by atoms with E-state index >= 15 is 0 Å². The van der Waals surface area contributed by atoms with E-state index in [1.165, 1.54) is 0 Å². The molecule has 0 radical (unpaired) electrons. The van der Waals surface area contributed by atoms with Gasteiger partial charge in [0.2, 0.25) is 0 Å². The Hall–Kier alpha value is -1.83. The standard InChI is InChI=1S/C17H22O2/c1-13(2)11-17(5,12-14(3)4)19-16(18)15-9-7-6-8-10-15/h6-10H,1,3,11-12H2,2,4-5H3. The fourth-order valence-corrected chi connectivity index (χ4v) is 2.27. The van der Waals surface area contributed by atoms with Crippen molar-refractivity contribution in [2.45, 2.75) is 39.2 Å². The van der Waals surface area contributed by atoms with Crippen LogP contribution in [0.15, 0.2) is 54.6 Å². The first kappa shape index (κ1) is 15.2. The van der Waals surface area contributed by atoms with E-state index in [2.05, 4.69) is 13.2 Å². The van der Waals surface area contributed by atoms with Crippen molar-refractivity contribution in [3.05, 3.63) is 60.2 Å². The summed E-state index contributed by atoms with van der Waals surface area (Å²) in [4.78, 5) is 12.1. The largest absolute Gasteiger partial charge is 0.455 e. The van der Waals surface area contributed by atoms with Gasteiger partial charge in [-0.2, -0.15) is 0 Å². The molecule has 0 heterocycles. The van der Waals surface area contributed by atoms with E-state index < -0.39 is 5.60 Å². The highest BCUT2D eigenvalue weighted by Gasteiger charge is 2.29. The molecule has 0 unspecified atom stereocenters. The van der Waals surface area contributed by atoms with Gasteiger partial charge in [-0.1, -0.05) is 42.5 Å². The zero-order valence-corrected chi connectivity index (χ0v) is 12.0. The summed E-state index contributed by atoms with van der Waals surface area (Å²) in [6.07, 6.45) is 1.27. The van der Waals surface area contributed by atoms with Gasteiger partial charge in [0.15, 0.2) is 0 Å². The van der Waals surface area contributed by atoms with Crippen molar-refractivity contribution in [1.29, 1.82) is 0 Å². The van der Waals surface area contributed by atoms with Crippen molar-refractivity contribution in [2.24, 2.45) is 0 Å². The minimum Gasteiger partial charge on any atom is -0.455 e. The van der Waals surface area contributed by atoms with E-state index in [0.29, 0.717) is 18.4 Å². The van der Waals surface area contributed by atoms with Crippen LogP contribution in [0.1, 0.15) is 44.0 Å². The Morgan fingerprint density at radius 3 is 2.00 bits per heavy atom. The van der Waals surface area contributed by atoms with Gasteiger partial charge in [0.05, 0.1) is 5.56 Å². The Labute approximate surface area is 115 Å². The van der Waals surface area contributed by atoms with Gasteiger partial charge < -0.3 is 4.74 Å². The predicted octanol–water partition coefficient (Wildman–Crippen LogP) is 4.53. The van der Waals surface area contributed by atoms with Crippen LogP contribution in [0.25, 0.3) is 0 Å². The van der Waals surface area contributed by atoms with Crippen LogP contribution in [0.4, 0.5) is 0 Å². The van der Waals surface area contributed by atoms with Gasteiger partial charge in [-0.15, -0.1) is 0 Å². The fourth-order valence-electron chi connectivity index (χ4n) is 2.27. The molecule has 0 aliphatic heterocycles. The minimum atomic E-state index is -0.579. The summed E-state index contributed by atoms with van der Waals surface area (Å²) >= 11 is 0. The molecule has 1 rings (SSSR count). The van der Waals surface area contributed by atoms with Gasteiger partial charge in [-0.25, -0.2) is 4.79 Å². The van der Waals surface area contributed by atoms with Gasteiger partial charge >= 0.3 is 5.97 Å². The fraction of sp³-hybridized carbons (Fsp3) is 0.353. The number of benzene rings is 1. The van der Waals surface area contributed by atoms with Crippen LogP contribution in [-0.4, -0.2) is 11.6 Å². The number of ether oxygens (including phenoxy) is 1. The maximum Gasteiger partial charge on any atom is 0.338 e. The van der Waals surface area contributed by atoms with Crippen molar-refractivity contribution in [1.82, 2.24) is 0 Å². The molecule has 0 aliphatic carbocycles. The average molecular weight is 258 g/mol. The number of carbonyl (C=O) groups excluding carboxylic acids is 1. The molecule has 0 saturated heterocycles. The first-order chi connectivity index (χ1) is 8.82. The molecular weight excluding hydrogens is 236 g/mol. The zero-order chi connectivity index (χ0) is 14.5. The normalized spacial score (nSPS) is 10.9. The highest BCUT2D eigenvalue weighted by atomic mass is 16.6. The highest BCUT2D eigenvalue weighted by molar-refractivity contribution is 5.89. The van der Waals surface area contributed by atoms with Gasteiger partial charge in [-0.3, -0.25) is 0 Å². The number of carbonyl (C=O) groups is 1. The number of rotatable bonds is 6. The zero-order valence-electron chi connectivity index (χ0n) is 12.0. The lowest BCUT2D eigenvalue weighted by atomic mass is 9.91. The third-order valence-electron chi connectivity index (χ3n) is 2.70. The molecule has 0 atom stereocenters. The molecule has 0 fully saturated rings. The Kier molecular flexibility index (Phi) is 5.11. The van der Waals surface area contributed by atoms with E-state index in [4.69, 9.17) is 4.74 Å². The number of hydrogen-bond acceptors (Lipinski definition) is 2. The predicted molar refractivity (Wildman–Crippen MR) is 79.1 cm³/mol. The SMILES string of the molecule is C=C(C)CC(C)(CC(=C)C)OC(=O)c1ccccc1. The summed E-state index contributed by atoms with van der Waals surface area (Å²) in [5.74, 6) is -0.300. The van der Waals surface area contributed by atoms with Crippen molar-refractivity contribution >= 4 is 5.97 Å². The van der Waals surface area contributed by atoms with E-state index in [0.717, 1.165) is 11.1 Å². The molecule has 19 heavy (non-hydrogen) atoms. The first-order valence-corrected chi connectivity index (χ1v) is 6.39. The van der Waals surface area contributed by atoms with Crippen molar-refractivity contribution in [3.8, 4) is 0 Å². The summed E-state index contributed by atoms with van der Waals surface area (Å²) in [5, 5.41) is 0. The molecule has 0 amide bonds. The summed E-state index contributed by atoms with van der Waals surface area (Å²) in [6.45, 7) is 13.6. The summed E-state index contributed by atoms with van der Waals surface area (Å²) < 4.78 is 5.69. The van der Waals surface area contributed by atoms with E-state index in [1.54, 1.807) is 12.1 Å². The lowest BCUT2D eigenvalue weighted by Gasteiger charge is -2.30. The lowest BCUT2D eigenvalue weighted by molar-refractivity contribution is -0.00889. The van der Waals surface area contributed by atoms with E-state index in [1.807, 2.05) is 39.0 Å². The second kappa shape index (κ2) is 6.37. The van der Waals surface area contributed by atoms with E-state index in [9.17, 15) is 4.79 Å². The molecular formula is C17H22O2. The molecule has 0 aliphatic rings. The summed E-state index contributed by atoms with van der Waals surface area (Å²) in [7, 11) is 0. The molecule has 1 aromatic carbocycles. The third-order valence-corrected chi connectivity index (χ3v) is 2.70. The third kappa shape index (κ3) is 5.12. The van der Waals surface area contributed by atoms with Crippen LogP contribution in [0.5, 0.6) is 0 Å². The van der Waals surface area contributed by atoms with Gasteiger partial charge in [0, 0.05) is 12.8 Å². The van der Waals surface area contributed by atoms with E-state index in [-0.39, 0.29) is 5.97 Å². The van der Waals surface area contributed by atoms with Crippen LogP contribution in [0.3, 0.4) is 0 Å². The van der Waals surface area contributed by atoms with Crippen LogP contribution in [0.2, 0.25) is 0 Å². The first-order valence-electron chi connectivity index (χ1n) is 6.39. The second-order valence-electron chi connectivity index (χ2n) is 5.47. The quantitative estimate of drug-likeness (QED) is 0.553. The Morgan fingerprint density at radius 1 is 1.11 bits per heavy atom. The maximum atomic E-state index is 12.1. The molecule has 2 heteroatoms. The van der Waals surface area contributed by atoms with Crippen molar-refractivity contribution in [2.75, 3.05) is 0 Å². The van der Waals surface area contributed by atoms with Crippen LogP contribution >= 0.6 is 0 Å². The lowest BCUT2D eigenvalue weighted by Crippen LogP contribution is -2.32. The maximum absolute atomic E-state index is 12.1. The second-order valence-corrected chi connectivity index (χ2v) is 5.47.